The summed E-state index contributed by atoms with van der Waals surface area (Å²) in [5.41, 5.74) is 15.0. The highest BCUT2D eigenvalue weighted by atomic mass is 19.1. The van der Waals surface area contributed by atoms with E-state index in [1.165, 1.54) is 6.07 Å². The Balaban J connectivity index is 1.72. The average molecular weight is 474 g/mol. The Morgan fingerprint density at radius 3 is 2.71 bits per heavy atom. The molecule has 1 aromatic carbocycles. The number of hydrogen-bond donors (Lipinski definition) is 2. The first-order valence-electron chi connectivity index (χ1n) is 11.7. The van der Waals surface area contributed by atoms with Gasteiger partial charge in [-0.05, 0) is 39.0 Å². The van der Waals surface area contributed by atoms with E-state index in [4.69, 9.17) is 16.2 Å². The fourth-order valence-corrected chi connectivity index (χ4v) is 5.24. The lowest BCUT2D eigenvalue weighted by Crippen LogP contribution is -2.19. The quantitative estimate of drug-likeness (QED) is 0.460. The number of halogens is 1. The second-order valence-electron chi connectivity index (χ2n) is 9.30. The molecule has 4 N–H and O–H groups in total. The van der Waals surface area contributed by atoms with Gasteiger partial charge in [-0.1, -0.05) is 0 Å². The predicted octanol–water partition coefficient (Wildman–Crippen LogP) is 3.95. The monoisotopic (exact) mass is 473 g/mol. The maximum atomic E-state index is 15.4. The van der Waals surface area contributed by atoms with Crippen LogP contribution in [-0.2, 0) is 4.74 Å². The zero-order valence-electron chi connectivity index (χ0n) is 19.2. The molecular weight excluding hydrogens is 449 g/mol. The molecule has 9 nitrogen and oxygen atoms in total. The van der Waals surface area contributed by atoms with E-state index in [2.05, 4.69) is 16.2 Å². The lowest BCUT2D eigenvalue weighted by Gasteiger charge is -2.24. The van der Waals surface area contributed by atoms with Gasteiger partial charge in [-0.2, -0.15) is 10.4 Å². The minimum atomic E-state index is -0.743. The molecule has 0 radical (unpaired) electrons. The number of nitriles is 1. The molecule has 1 amide bonds. The van der Waals surface area contributed by atoms with Gasteiger partial charge < -0.3 is 16.2 Å². The van der Waals surface area contributed by atoms with Crippen LogP contribution < -0.4 is 11.5 Å². The number of nitrogens with zero attached hydrogens (tertiary/aromatic N) is 5. The summed E-state index contributed by atoms with van der Waals surface area (Å²) < 4.78 is 24.6. The number of rotatable bonds is 4. The third kappa shape index (κ3) is 3.12. The second kappa shape index (κ2) is 7.78. The maximum absolute atomic E-state index is 15.4. The number of primary amides is 1. The van der Waals surface area contributed by atoms with E-state index in [-0.39, 0.29) is 23.5 Å². The van der Waals surface area contributed by atoms with Gasteiger partial charge in [0.15, 0.2) is 6.23 Å². The summed E-state index contributed by atoms with van der Waals surface area (Å²) in [7, 11) is 0. The van der Waals surface area contributed by atoms with Crippen LogP contribution in [0.25, 0.3) is 27.5 Å². The molecule has 178 valence electrons. The van der Waals surface area contributed by atoms with Crippen molar-refractivity contribution in [1.29, 1.82) is 5.26 Å². The van der Waals surface area contributed by atoms with Crippen LogP contribution in [0, 0.1) is 24.1 Å². The van der Waals surface area contributed by atoms with Gasteiger partial charge in [-0.25, -0.2) is 9.07 Å². The van der Waals surface area contributed by atoms with Crippen molar-refractivity contribution < 1.29 is 13.9 Å². The average Bonchev–Trinajstić information content (AvgIpc) is 3.55. The van der Waals surface area contributed by atoms with Gasteiger partial charge in [0.05, 0.1) is 39.7 Å². The molecule has 1 atom stereocenters. The van der Waals surface area contributed by atoms with Gasteiger partial charge in [-0.3, -0.25) is 14.3 Å². The van der Waals surface area contributed by atoms with Gasteiger partial charge in [-0.15, -0.1) is 0 Å². The summed E-state index contributed by atoms with van der Waals surface area (Å²) in [6, 6.07) is 3.71. The van der Waals surface area contributed by atoms with Crippen molar-refractivity contribution in [3.05, 3.63) is 46.7 Å². The largest absolute Gasteiger partial charge is 0.384 e. The van der Waals surface area contributed by atoms with Gasteiger partial charge in [0.25, 0.3) is 5.91 Å². The molecule has 35 heavy (non-hydrogen) atoms. The highest BCUT2D eigenvalue weighted by Crippen LogP contribution is 2.45. The number of carbonyl (C=O) groups excluding carboxylic acids is 1. The molecule has 1 saturated carbocycles. The third-order valence-corrected chi connectivity index (χ3v) is 7.11. The number of pyridine rings is 1. The van der Waals surface area contributed by atoms with Gasteiger partial charge in [0, 0.05) is 41.1 Å². The lowest BCUT2D eigenvalue weighted by molar-refractivity contribution is -0.0366. The Kier molecular flexibility index (Phi) is 4.79. The summed E-state index contributed by atoms with van der Waals surface area (Å²) in [6.07, 6.45) is 7.51. The number of fused-ring (bicyclic) bond motifs is 2. The smallest absolute Gasteiger partial charge is 0.253 e. The lowest BCUT2D eigenvalue weighted by atomic mass is 10.1. The molecule has 0 spiro atoms. The molecule has 1 saturated heterocycles. The van der Waals surface area contributed by atoms with Crippen molar-refractivity contribution in [3.63, 3.8) is 0 Å². The number of amides is 1. The minimum Gasteiger partial charge on any atom is -0.384 e. The Morgan fingerprint density at radius 1 is 1.26 bits per heavy atom. The fourth-order valence-electron chi connectivity index (χ4n) is 5.24. The summed E-state index contributed by atoms with van der Waals surface area (Å²) in [6.45, 7) is 2.26. The number of aromatic nitrogens is 4. The topological polar surface area (TPSA) is 138 Å². The number of nitrogen functional groups attached to an aromatic ring is 1. The highest BCUT2D eigenvalue weighted by molar-refractivity contribution is 6.13. The molecule has 4 heterocycles. The maximum Gasteiger partial charge on any atom is 0.253 e. The van der Waals surface area contributed by atoms with E-state index >= 15 is 4.39 Å². The zero-order valence-corrected chi connectivity index (χ0v) is 19.2. The van der Waals surface area contributed by atoms with Crippen LogP contribution in [0.3, 0.4) is 0 Å². The number of benzene rings is 1. The Bertz CT molecular complexity index is 1570. The Morgan fingerprint density at radius 2 is 2.06 bits per heavy atom. The molecule has 0 bridgehead atoms. The van der Waals surface area contributed by atoms with Crippen LogP contribution in [0.2, 0.25) is 0 Å². The SMILES string of the molecule is Cc1c(F)cc2c(cnn2C2CCCCO2)c1-n1c(N)c(C(N)=O)c2cnc(C3CC3)c(C#N)c21. The molecule has 3 aromatic heterocycles. The minimum absolute atomic E-state index is 0.0374. The first-order valence-corrected chi connectivity index (χ1v) is 11.7. The van der Waals surface area contributed by atoms with E-state index in [0.29, 0.717) is 50.9 Å². The highest BCUT2D eigenvalue weighted by Gasteiger charge is 2.33. The number of carbonyl (C=O) groups is 1. The number of anilines is 1. The summed E-state index contributed by atoms with van der Waals surface area (Å²) >= 11 is 0. The Hall–Kier alpha value is -3.97. The van der Waals surface area contributed by atoms with Gasteiger partial charge in [0.1, 0.15) is 17.7 Å². The molecular formula is C25H24FN7O2. The standard InChI is InChI=1S/C25H24FN7O2/c1-12-17(26)8-18-15(11-31-33(18)19-4-2-3-7-35-19)22(12)32-23-14(9-27)21(13-5-6-13)30-10-16(23)20(24(32)28)25(29)34/h8,10-11,13,19H,2-7,28H2,1H3,(H2,29,34). The summed E-state index contributed by atoms with van der Waals surface area (Å²) in [5.74, 6) is -0.986. The van der Waals surface area contributed by atoms with Crippen molar-refractivity contribution in [1.82, 2.24) is 19.3 Å². The van der Waals surface area contributed by atoms with Crippen LogP contribution >= 0.6 is 0 Å². The van der Waals surface area contributed by atoms with E-state index in [0.717, 1.165) is 32.1 Å². The fraction of sp³-hybridized carbons (Fsp3) is 0.360. The summed E-state index contributed by atoms with van der Waals surface area (Å²) in [4.78, 5) is 16.9. The van der Waals surface area contributed by atoms with E-state index in [1.54, 1.807) is 28.6 Å². The number of nitrogens with two attached hydrogens (primary N) is 2. The van der Waals surface area contributed by atoms with Gasteiger partial charge in [0.2, 0.25) is 0 Å². The normalized spacial score (nSPS) is 18.3. The first-order chi connectivity index (χ1) is 16.9. The van der Waals surface area contributed by atoms with E-state index in [1.807, 2.05) is 0 Å². The van der Waals surface area contributed by atoms with E-state index < -0.39 is 11.7 Å². The van der Waals surface area contributed by atoms with Crippen LogP contribution in [0.1, 0.15) is 71.4 Å². The van der Waals surface area contributed by atoms with Crippen LogP contribution in [-0.4, -0.2) is 31.8 Å². The van der Waals surface area contributed by atoms with Crippen LogP contribution in [0.4, 0.5) is 10.2 Å². The van der Waals surface area contributed by atoms with Crippen LogP contribution in [0.15, 0.2) is 18.5 Å². The van der Waals surface area contributed by atoms with Crippen molar-refractivity contribution in [3.8, 4) is 11.8 Å². The summed E-state index contributed by atoms with van der Waals surface area (Å²) in [5, 5.41) is 15.7. The second-order valence-corrected chi connectivity index (χ2v) is 9.30. The van der Waals surface area contributed by atoms with Crippen LogP contribution in [0.5, 0.6) is 0 Å². The molecule has 4 aromatic rings. The number of ether oxygens (including phenoxy) is 1. The number of hydrogen-bond acceptors (Lipinski definition) is 6. The van der Waals surface area contributed by atoms with Crippen molar-refractivity contribution >= 4 is 33.5 Å². The zero-order chi connectivity index (χ0) is 24.4. The molecule has 1 aliphatic heterocycles. The van der Waals surface area contributed by atoms with Crippen molar-refractivity contribution in [2.75, 3.05) is 12.3 Å². The first kappa shape index (κ1) is 21.6. The molecule has 2 fully saturated rings. The Labute approximate surface area is 200 Å². The third-order valence-electron chi connectivity index (χ3n) is 7.11. The van der Waals surface area contributed by atoms with Gasteiger partial charge >= 0.3 is 0 Å². The van der Waals surface area contributed by atoms with Crippen molar-refractivity contribution in [2.45, 2.75) is 51.2 Å². The van der Waals surface area contributed by atoms with Crippen molar-refractivity contribution in [2.24, 2.45) is 5.73 Å². The molecule has 1 aliphatic carbocycles. The molecule has 6 rings (SSSR count). The predicted molar refractivity (Wildman–Crippen MR) is 128 cm³/mol. The molecule has 2 aliphatic rings. The molecule has 10 heteroatoms. The van der Waals surface area contributed by atoms with E-state index in [9.17, 15) is 10.1 Å². The molecule has 1 unspecified atom stereocenters.